The van der Waals surface area contributed by atoms with Crippen LogP contribution in [0.3, 0.4) is 0 Å². The fourth-order valence-electron chi connectivity index (χ4n) is 4.21. The van der Waals surface area contributed by atoms with Crippen molar-refractivity contribution in [3.63, 3.8) is 0 Å². The van der Waals surface area contributed by atoms with E-state index in [2.05, 4.69) is 16.9 Å². The first-order chi connectivity index (χ1) is 17.5. The Hall–Kier alpha value is -4.04. The molecule has 3 heterocycles. The SMILES string of the molecule is CCCCOc1ccc(C2/C(=C(\O)c3ccncc3)C(=O)C(=O)N2c2nc3ccc(C)cc3s2)cc1. The Kier molecular flexibility index (Phi) is 6.52. The van der Waals surface area contributed by atoms with Gasteiger partial charge in [-0.25, -0.2) is 4.98 Å². The van der Waals surface area contributed by atoms with Crippen LogP contribution in [0.4, 0.5) is 5.13 Å². The second-order valence-electron chi connectivity index (χ2n) is 8.64. The van der Waals surface area contributed by atoms with E-state index in [-0.39, 0.29) is 11.3 Å². The van der Waals surface area contributed by atoms with Gasteiger partial charge in [0, 0.05) is 18.0 Å². The first kappa shape index (κ1) is 23.7. The van der Waals surface area contributed by atoms with Crippen molar-refractivity contribution in [2.75, 3.05) is 11.5 Å². The zero-order valence-corrected chi connectivity index (χ0v) is 20.8. The molecular formula is C28H25N3O4S. The van der Waals surface area contributed by atoms with Crippen LogP contribution in [0.5, 0.6) is 5.75 Å². The molecule has 1 atom stereocenters. The second-order valence-corrected chi connectivity index (χ2v) is 9.65. The number of anilines is 1. The van der Waals surface area contributed by atoms with E-state index in [1.54, 1.807) is 12.1 Å². The molecule has 7 nitrogen and oxygen atoms in total. The summed E-state index contributed by atoms with van der Waals surface area (Å²) in [5.41, 5.74) is 2.92. The molecule has 2 aromatic heterocycles. The second kappa shape index (κ2) is 9.91. The quantitative estimate of drug-likeness (QED) is 0.149. The van der Waals surface area contributed by atoms with Crippen molar-refractivity contribution in [2.45, 2.75) is 32.7 Å². The summed E-state index contributed by atoms with van der Waals surface area (Å²) in [4.78, 5) is 36.7. The molecule has 4 aromatic rings. The predicted molar refractivity (Wildman–Crippen MR) is 140 cm³/mol. The third-order valence-corrected chi connectivity index (χ3v) is 7.12. The molecule has 1 amide bonds. The van der Waals surface area contributed by atoms with Crippen LogP contribution >= 0.6 is 11.3 Å². The van der Waals surface area contributed by atoms with Gasteiger partial charge in [-0.05, 0) is 60.9 Å². The number of hydrogen-bond acceptors (Lipinski definition) is 7. The lowest BCUT2D eigenvalue weighted by Gasteiger charge is -2.23. The average Bonchev–Trinajstić information content (AvgIpc) is 3.42. The maximum Gasteiger partial charge on any atom is 0.301 e. The largest absolute Gasteiger partial charge is 0.507 e. The Balaban J connectivity index is 1.63. The van der Waals surface area contributed by atoms with Gasteiger partial charge in [-0.1, -0.05) is 42.9 Å². The average molecular weight is 500 g/mol. The first-order valence-corrected chi connectivity index (χ1v) is 12.6. The molecule has 1 fully saturated rings. The Morgan fingerprint density at radius 3 is 2.56 bits per heavy atom. The maximum absolute atomic E-state index is 13.4. The van der Waals surface area contributed by atoms with Gasteiger partial charge in [0.15, 0.2) is 5.13 Å². The van der Waals surface area contributed by atoms with Crippen LogP contribution in [0.1, 0.15) is 42.5 Å². The number of nitrogens with zero attached hydrogens (tertiary/aromatic N) is 3. The number of aryl methyl sites for hydroxylation is 1. The Morgan fingerprint density at radius 2 is 1.83 bits per heavy atom. The number of carbonyl (C=O) groups is 2. The van der Waals surface area contributed by atoms with Crippen molar-refractivity contribution in [3.8, 4) is 5.75 Å². The number of aromatic nitrogens is 2. The summed E-state index contributed by atoms with van der Waals surface area (Å²) in [6, 6.07) is 15.5. The van der Waals surface area contributed by atoms with Crippen molar-refractivity contribution in [2.24, 2.45) is 0 Å². The minimum atomic E-state index is -0.843. The van der Waals surface area contributed by atoms with Crippen molar-refractivity contribution >= 4 is 44.1 Å². The molecule has 0 spiro atoms. The topological polar surface area (TPSA) is 92.6 Å². The van der Waals surface area contributed by atoms with Gasteiger partial charge in [-0.2, -0.15) is 0 Å². The Bertz CT molecular complexity index is 1460. The molecule has 5 rings (SSSR count). The highest BCUT2D eigenvalue weighted by Crippen LogP contribution is 2.44. The van der Waals surface area contributed by atoms with Crippen molar-refractivity contribution < 1.29 is 19.4 Å². The Morgan fingerprint density at radius 1 is 1.08 bits per heavy atom. The predicted octanol–water partition coefficient (Wildman–Crippen LogP) is 5.80. The number of aliphatic hydroxyl groups excluding tert-OH is 1. The normalized spacial score (nSPS) is 17.2. The summed E-state index contributed by atoms with van der Waals surface area (Å²) in [6.45, 7) is 4.70. The molecule has 0 bridgehead atoms. The van der Waals surface area contributed by atoms with E-state index in [1.165, 1.54) is 28.6 Å². The standard InChI is InChI=1S/C28H25N3O4S/c1-3-4-15-35-20-8-6-18(7-9-20)24-23(25(32)19-11-13-29-14-12-19)26(33)27(34)31(24)28-30-21-10-5-17(2)16-22(21)36-28/h5-14,16,24,32H,3-4,15H2,1-2H3/b25-23+. The minimum Gasteiger partial charge on any atom is -0.507 e. The minimum absolute atomic E-state index is 0.0151. The number of ether oxygens (including phenoxy) is 1. The molecule has 36 heavy (non-hydrogen) atoms. The van der Waals surface area contributed by atoms with Gasteiger partial charge in [0.2, 0.25) is 0 Å². The van der Waals surface area contributed by atoms with Crippen molar-refractivity contribution in [3.05, 3.63) is 89.3 Å². The number of carbonyl (C=O) groups excluding carboxylic acids is 2. The number of rotatable bonds is 7. The summed E-state index contributed by atoms with van der Waals surface area (Å²) in [7, 11) is 0. The lowest BCUT2D eigenvalue weighted by atomic mass is 9.95. The molecule has 1 aliphatic heterocycles. The third kappa shape index (κ3) is 4.35. The maximum atomic E-state index is 13.4. The summed E-state index contributed by atoms with van der Waals surface area (Å²) in [5, 5.41) is 11.6. The molecule has 1 aliphatic rings. The van der Waals surface area contributed by atoms with E-state index in [0.717, 1.165) is 28.6 Å². The van der Waals surface area contributed by atoms with Gasteiger partial charge < -0.3 is 9.84 Å². The van der Waals surface area contributed by atoms with Crippen LogP contribution in [0.25, 0.3) is 16.0 Å². The number of hydrogen-bond donors (Lipinski definition) is 1. The summed E-state index contributed by atoms with van der Waals surface area (Å²) in [6.07, 6.45) is 5.03. The van der Waals surface area contributed by atoms with E-state index in [9.17, 15) is 14.7 Å². The van der Waals surface area contributed by atoms with Gasteiger partial charge in [0.1, 0.15) is 11.5 Å². The van der Waals surface area contributed by atoms with Crippen LogP contribution in [-0.4, -0.2) is 33.4 Å². The number of thiazole rings is 1. The summed E-state index contributed by atoms with van der Waals surface area (Å²) >= 11 is 1.34. The molecule has 8 heteroatoms. The van der Waals surface area contributed by atoms with E-state index in [0.29, 0.717) is 28.6 Å². The summed E-state index contributed by atoms with van der Waals surface area (Å²) < 4.78 is 6.70. The number of benzene rings is 2. The lowest BCUT2D eigenvalue weighted by molar-refractivity contribution is -0.132. The van der Waals surface area contributed by atoms with E-state index in [1.807, 2.05) is 49.4 Å². The van der Waals surface area contributed by atoms with Gasteiger partial charge in [0.05, 0.1) is 28.4 Å². The first-order valence-electron chi connectivity index (χ1n) is 11.8. The van der Waals surface area contributed by atoms with Gasteiger partial charge in [-0.3, -0.25) is 19.5 Å². The smallest absolute Gasteiger partial charge is 0.301 e. The molecule has 0 radical (unpaired) electrons. The number of ketones is 1. The number of amides is 1. The highest BCUT2D eigenvalue weighted by atomic mass is 32.1. The number of fused-ring (bicyclic) bond motifs is 1. The fraction of sp³-hybridized carbons (Fsp3) is 0.214. The monoisotopic (exact) mass is 499 g/mol. The van der Waals surface area contributed by atoms with Crippen LogP contribution in [-0.2, 0) is 9.59 Å². The van der Waals surface area contributed by atoms with Gasteiger partial charge in [-0.15, -0.1) is 0 Å². The zero-order valence-electron chi connectivity index (χ0n) is 20.0. The van der Waals surface area contributed by atoms with Crippen molar-refractivity contribution in [1.82, 2.24) is 9.97 Å². The lowest BCUT2D eigenvalue weighted by Crippen LogP contribution is -2.29. The van der Waals surface area contributed by atoms with Gasteiger partial charge in [0.25, 0.3) is 5.78 Å². The third-order valence-electron chi connectivity index (χ3n) is 6.10. The number of aliphatic hydroxyl groups is 1. The molecule has 1 saturated heterocycles. The molecule has 1 N–H and O–H groups in total. The zero-order chi connectivity index (χ0) is 25.2. The van der Waals surface area contributed by atoms with E-state index >= 15 is 0 Å². The number of pyridine rings is 1. The van der Waals surface area contributed by atoms with Crippen molar-refractivity contribution in [1.29, 1.82) is 0 Å². The van der Waals surface area contributed by atoms with Crippen LogP contribution < -0.4 is 9.64 Å². The molecule has 0 aliphatic carbocycles. The highest BCUT2D eigenvalue weighted by molar-refractivity contribution is 7.22. The molecule has 2 aromatic carbocycles. The molecule has 1 unspecified atom stereocenters. The van der Waals surface area contributed by atoms with Crippen LogP contribution in [0.15, 0.2) is 72.6 Å². The van der Waals surface area contributed by atoms with E-state index < -0.39 is 17.7 Å². The fourth-order valence-corrected chi connectivity index (χ4v) is 5.30. The number of unbranched alkanes of at least 4 members (excludes halogenated alkanes) is 1. The van der Waals surface area contributed by atoms with E-state index in [4.69, 9.17) is 4.74 Å². The van der Waals surface area contributed by atoms with Crippen LogP contribution in [0, 0.1) is 6.92 Å². The highest BCUT2D eigenvalue weighted by Gasteiger charge is 2.48. The molecule has 0 saturated carbocycles. The Labute approximate surface area is 212 Å². The summed E-state index contributed by atoms with van der Waals surface area (Å²) in [5.74, 6) is -1.03. The van der Waals surface area contributed by atoms with Gasteiger partial charge >= 0.3 is 5.91 Å². The molecular weight excluding hydrogens is 474 g/mol. The molecule has 182 valence electrons. The van der Waals surface area contributed by atoms with Crippen LogP contribution in [0.2, 0.25) is 0 Å². The number of Topliss-reactive ketones (excluding diaryl/α,β-unsaturated/α-hetero) is 1.